The molecule has 3 nitrogen and oxygen atoms in total. The van der Waals surface area contributed by atoms with Crippen molar-refractivity contribution in [3.63, 3.8) is 0 Å². The molecule has 0 aliphatic rings. The van der Waals surface area contributed by atoms with Gasteiger partial charge in [-0.2, -0.15) is 0 Å². The number of aliphatic hydroxyl groups excluding tert-OH is 1. The van der Waals surface area contributed by atoms with E-state index in [4.69, 9.17) is 11.6 Å². The Balaban J connectivity index is 2.00. The van der Waals surface area contributed by atoms with Gasteiger partial charge in [-0.1, -0.05) is 23.7 Å². The molecule has 0 aliphatic carbocycles. The van der Waals surface area contributed by atoms with E-state index in [0.717, 1.165) is 4.90 Å². The summed E-state index contributed by atoms with van der Waals surface area (Å²) in [6.07, 6.45) is 1.04. The van der Waals surface area contributed by atoms with E-state index in [9.17, 15) is 5.11 Å². The third-order valence-electron chi connectivity index (χ3n) is 2.37. The first kappa shape index (κ1) is 13.3. The Morgan fingerprint density at radius 2 is 2.11 bits per heavy atom. The Morgan fingerprint density at radius 3 is 2.83 bits per heavy atom. The van der Waals surface area contributed by atoms with Gasteiger partial charge in [0.1, 0.15) is 11.9 Å². The highest BCUT2D eigenvalue weighted by Gasteiger charge is 2.11. The zero-order valence-electron chi connectivity index (χ0n) is 9.88. The van der Waals surface area contributed by atoms with Gasteiger partial charge in [0.05, 0.1) is 10.7 Å². The quantitative estimate of drug-likeness (QED) is 0.873. The largest absolute Gasteiger partial charge is 0.386 e. The standard InChI is InChI=1S/C13H13ClN2OS/c1-9-15-7-6-11(16-9)12(17)8-18-13-5-3-2-4-10(13)14/h2-7,12,17H,8H2,1H3. The number of hydrogen-bond acceptors (Lipinski definition) is 4. The van der Waals surface area contributed by atoms with E-state index < -0.39 is 6.10 Å². The van der Waals surface area contributed by atoms with Crippen LogP contribution in [0.5, 0.6) is 0 Å². The fraction of sp³-hybridized carbons (Fsp3) is 0.231. The number of aryl methyl sites for hydroxylation is 1. The van der Waals surface area contributed by atoms with Gasteiger partial charge in [-0.3, -0.25) is 0 Å². The van der Waals surface area contributed by atoms with Crippen LogP contribution in [0, 0.1) is 6.92 Å². The Hall–Kier alpha value is -1.10. The van der Waals surface area contributed by atoms with Gasteiger partial charge in [0.2, 0.25) is 0 Å². The lowest BCUT2D eigenvalue weighted by Crippen LogP contribution is -2.05. The molecule has 1 unspecified atom stereocenters. The van der Waals surface area contributed by atoms with Crippen LogP contribution >= 0.6 is 23.4 Å². The number of halogens is 1. The number of aliphatic hydroxyl groups is 1. The third-order valence-corrected chi connectivity index (χ3v) is 3.96. The lowest BCUT2D eigenvalue weighted by Gasteiger charge is -2.10. The van der Waals surface area contributed by atoms with Crippen LogP contribution in [0.4, 0.5) is 0 Å². The van der Waals surface area contributed by atoms with E-state index in [1.165, 1.54) is 11.8 Å². The van der Waals surface area contributed by atoms with Crippen molar-refractivity contribution in [1.29, 1.82) is 0 Å². The predicted octanol–water partition coefficient (Wildman–Crippen LogP) is 3.26. The summed E-state index contributed by atoms with van der Waals surface area (Å²) in [5.74, 6) is 1.18. The first-order chi connectivity index (χ1) is 8.66. The zero-order chi connectivity index (χ0) is 13.0. The summed E-state index contributed by atoms with van der Waals surface area (Å²) in [6.45, 7) is 1.80. The maximum atomic E-state index is 10.0. The average molecular weight is 281 g/mol. The van der Waals surface area contributed by atoms with Gasteiger partial charge >= 0.3 is 0 Å². The topological polar surface area (TPSA) is 46.0 Å². The van der Waals surface area contributed by atoms with Crippen LogP contribution in [0.25, 0.3) is 0 Å². The Labute approximate surface area is 115 Å². The molecule has 1 aromatic carbocycles. The third kappa shape index (κ3) is 3.45. The van der Waals surface area contributed by atoms with E-state index in [-0.39, 0.29) is 0 Å². The van der Waals surface area contributed by atoms with E-state index in [2.05, 4.69) is 9.97 Å². The smallest absolute Gasteiger partial charge is 0.125 e. The second kappa shape index (κ2) is 6.18. The maximum absolute atomic E-state index is 10.0. The van der Waals surface area contributed by atoms with Crippen molar-refractivity contribution in [2.45, 2.75) is 17.9 Å². The van der Waals surface area contributed by atoms with Crippen LogP contribution in [0.3, 0.4) is 0 Å². The van der Waals surface area contributed by atoms with Crippen molar-refractivity contribution < 1.29 is 5.11 Å². The Kier molecular flexibility index (Phi) is 4.58. The van der Waals surface area contributed by atoms with E-state index in [0.29, 0.717) is 22.3 Å². The lowest BCUT2D eigenvalue weighted by molar-refractivity contribution is 0.198. The molecule has 1 N–H and O–H groups in total. The minimum atomic E-state index is -0.618. The zero-order valence-corrected chi connectivity index (χ0v) is 11.4. The van der Waals surface area contributed by atoms with Gasteiger partial charge in [0.25, 0.3) is 0 Å². The summed E-state index contributed by atoms with van der Waals surface area (Å²) in [7, 11) is 0. The minimum absolute atomic E-state index is 0.514. The molecule has 2 aromatic rings. The van der Waals surface area contributed by atoms with E-state index >= 15 is 0 Å². The van der Waals surface area contributed by atoms with Gasteiger partial charge in [0, 0.05) is 16.8 Å². The summed E-state index contributed by atoms with van der Waals surface area (Å²) in [5, 5.41) is 10.7. The summed E-state index contributed by atoms with van der Waals surface area (Å²) >= 11 is 7.56. The van der Waals surface area contributed by atoms with Gasteiger partial charge in [0.15, 0.2) is 0 Å². The Bertz CT molecular complexity index is 536. The minimum Gasteiger partial charge on any atom is -0.386 e. The molecule has 0 bridgehead atoms. The molecule has 0 fully saturated rings. The second-order valence-corrected chi connectivity index (χ2v) is 5.25. The first-order valence-electron chi connectivity index (χ1n) is 5.52. The average Bonchev–Trinajstić information content (AvgIpc) is 2.37. The lowest BCUT2D eigenvalue weighted by atomic mass is 10.3. The molecule has 0 saturated heterocycles. The SMILES string of the molecule is Cc1nccc(C(O)CSc2ccccc2Cl)n1. The monoisotopic (exact) mass is 280 g/mol. The highest BCUT2D eigenvalue weighted by atomic mass is 35.5. The molecule has 1 heterocycles. The van der Waals surface area contributed by atoms with Crippen molar-refractivity contribution in [2.75, 3.05) is 5.75 Å². The molecular formula is C13H13ClN2OS. The number of nitrogens with zero attached hydrogens (tertiary/aromatic N) is 2. The molecule has 2 rings (SSSR count). The van der Waals surface area contributed by atoms with E-state index in [1.54, 1.807) is 19.2 Å². The molecule has 0 spiro atoms. The van der Waals surface area contributed by atoms with Crippen LogP contribution in [0.1, 0.15) is 17.6 Å². The van der Waals surface area contributed by atoms with Crippen LogP contribution in [-0.2, 0) is 0 Å². The van der Waals surface area contributed by atoms with Crippen molar-refractivity contribution >= 4 is 23.4 Å². The van der Waals surface area contributed by atoms with Crippen molar-refractivity contribution in [3.8, 4) is 0 Å². The molecule has 0 amide bonds. The van der Waals surface area contributed by atoms with Gasteiger partial charge in [-0.15, -0.1) is 11.8 Å². The number of thioether (sulfide) groups is 1. The van der Waals surface area contributed by atoms with Gasteiger partial charge < -0.3 is 5.11 Å². The molecule has 1 aromatic heterocycles. The summed E-state index contributed by atoms with van der Waals surface area (Å²) < 4.78 is 0. The molecular weight excluding hydrogens is 268 g/mol. The van der Waals surface area contributed by atoms with Crippen molar-refractivity contribution in [2.24, 2.45) is 0 Å². The van der Waals surface area contributed by atoms with Crippen LogP contribution in [0.15, 0.2) is 41.4 Å². The number of aromatic nitrogens is 2. The van der Waals surface area contributed by atoms with Crippen molar-refractivity contribution in [1.82, 2.24) is 9.97 Å². The fourth-order valence-corrected chi connectivity index (χ4v) is 2.66. The Morgan fingerprint density at radius 1 is 1.33 bits per heavy atom. The van der Waals surface area contributed by atoms with Crippen molar-refractivity contribution in [3.05, 3.63) is 53.1 Å². The molecule has 0 radical (unpaired) electrons. The predicted molar refractivity (Wildman–Crippen MR) is 73.9 cm³/mol. The fourth-order valence-electron chi connectivity index (χ4n) is 1.48. The number of hydrogen-bond donors (Lipinski definition) is 1. The first-order valence-corrected chi connectivity index (χ1v) is 6.88. The van der Waals surface area contributed by atoms with Crippen LogP contribution in [0.2, 0.25) is 5.02 Å². The molecule has 94 valence electrons. The number of benzene rings is 1. The molecule has 0 aliphatic heterocycles. The molecule has 0 saturated carbocycles. The van der Waals surface area contributed by atoms with Gasteiger partial charge in [-0.25, -0.2) is 9.97 Å². The highest BCUT2D eigenvalue weighted by molar-refractivity contribution is 7.99. The van der Waals surface area contributed by atoms with Crippen LogP contribution < -0.4 is 0 Å². The summed E-state index contributed by atoms with van der Waals surface area (Å²) in [4.78, 5) is 9.17. The number of rotatable bonds is 4. The molecule has 18 heavy (non-hydrogen) atoms. The van der Waals surface area contributed by atoms with Gasteiger partial charge in [-0.05, 0) is 25.1 Å². The maximum Gasteiger partial charge on any atom is 0.125 e. The molecule has 1 atom stereocenters. The summed E-state index contributed by atoms with van der Waals surface area (Å²) in [5.41, 5.74) is 0.641. The highest BCUT2D eigenvalue weighted by Crippen LogP contribution is 2.29. The van der Waals surface area contributed by atoms with Crippen LogP contribution in [-0.4, -0.2) is 20.8 Å². The normalized spacial score (nSPS) is 12.4. The van der Waals surface area contributed by atoms with E-state index in [1.807, 2.05) is 24.3 Å². The summed E-state index contributed by atoms with van der Waals surface area (Å²) in [6, 6.07) is 9.31. The molecule has 5 heteroatoms. The second-order valence-electron chi connectivity index (χ2n) is 3.79.